The Kier molecular flexibility index (Phi) is 10.8. The van der Waals surface area contributed by atoms with Gasteiger partial charge in [-0.3, -0.25) is 9.59 Å². The summed E-state index contributed by atoms with van der Waals surface area (Å²) in [5.41, 5.74) is 1.49. The van der Waals surface area contributed by atoms with Crippen molar-refractivity contribution in [3.8, 4) is 0 Å². The van der Waals surface area contributed by atoms with E-state index < -0.39 is 29.3 Å². The fraction of sp³-hybridized carbons (Fsp3) is 0.710. The van der Waals surface area contributed by atoms with Gasteiger partial charge in [-0.2, -0.15) is 0 Å². The second-order valence-electron chi connectivity index (χ2n) is 12.9. The number of hydrogen-bond acceptors (Lipinski definition) is 4. The molecule has 7 heteroatoms. The Morgan fingerprint density at radius 2 is 1.53 bits per heavy atom. The van der Waals surface area contributed by atoms with Crippen LogP contribution in [0, 0.1) is 19.8 Å². The van der Waals surface area contributed by atoms with Gasteiger partial charge in [0.15, 0.2) is 0 Å². The normalized spacial score (nSPS) is 16.5. The third kappa shape index (κ3) is 8.74. The Labute approximate surface area is 230 Å². The molecule has 1 aliphatic rings. The fourth-order valence-corrected chi connectivity index (χ4v) is 5.16. The number of hydrogen-bond donors (Lipinski definition) is 2. The molecule has 0 bridgehead atoms. The van der Waals surface area contributed by atoms with Gasteiger partial charge in [0, 0.05) is 11.6 Å². The zero-order valence-electron chi connectivity index (χ0n) is 25.4. The smallest absolute Gasteiger partial charge is 0.408 e. The highest BCUT2D eigenvalue weighted by molar-refractivity contribution is 5.93. The summed E-state index contributed by atoms with van der Waals surface area (Å²) in [6.45, 7) is 19.2. The van der Waals surface area contributed by atoms with E-state index >= 15 is 0 Å². The summed E-state index contributed by atoms with van der Waals surface area (Å²) in [5.74, 6) is -0.677. The number of ether oxygens (including phenoxy) is 1. The van der Waals surface area contributed by atoms with Gasteiger partial charge < -0.3 is 20.3 Å². The fourth-order valence-electron chi connectivity index (χ4n) is 5.16. The molecule has 2 N–H and O–H groups in total. The number of nitrogens with zero attached hydrogens (tertiary/aromatic N) is 1. The van der Waals surface area contributed by atoms with E-state index in [-0.39, 0.29) is 23.8 Å². The van der Waals surface area contributed by atoms with Crippen LogP contribution in [0.2, 0.25) is 0 Å². The van der Waals surface area contributed by atoms with Crippen LogP contribution in [0.3, 0.4) is 0 Å². The Hall–Kier alpha value is -2.57. The van der Waals surface area contributed by atoms with E-state index in [1.807, 2.05) is 60.6 Å². The third-order valence-electron chi connectivity index (χ3n) is 7.38. The number of alkyl carbamates (subject to hydrolysis) is 1. The van der Waals surface area contributed by atoms with Crippen molar-refractivity contribution in [1.82, 2.24) is 15.5 Å². The number of nitrogens with one attached hydrogen (secondary N) is 2. The van der Waals surface area contributed by atoms with Crippen LogP contribution < -0.4 is 10.6 Å². The maximum atomic E-state index is 14.4. The number of aryl methyl sites for hydroxylation is 2. The van der Waals surface area contributed by atoms with Gasteiger partial charge in [0.05, 0.1) is 0 Å². The second-order valence-corrected chi connectivity index (χ2v) is 12.9. The molecule has 2 rings (SSSR count). The third-order valence-corrected chi connectivity index (χ3v) is 7.38. The first kappa shape index (κ1) is 31.6. The van der Waals surface area contributed by atoms with Crippen molar-refractivity contribution >= 4 is 17.9 Å². The van der Waals surface area contributed by atoms with E-state index in [2.05, 4.69) is 16.7 Å². The van der Waals surface area contributed by atoms with Gasteiger partial charge in [-0.15, -0.1) is 0 Å². The molecule has 1 saturated carbocycles. The number of carbonyl (C=O) groups is 3. The van der Waals surface area contributed by atoms with E-state index in [9.17, 15) is 14.4 Å². The van der Waals surface area contributed by atoms with Gasteiger partial charge in [-0.1, -0.05) is 69.4 Å². The van der Waals surface area contributed by atoms with Crippen LogP contribution in [0.5, 0.6) is 0 Å². The lowest BCUT2D eigenvalue weighted by Crippen LogP contribution is -2.61. The van der Waals surface area contributed by atoms with Crippen LogP contribution in [0.1, 0.15) is 117 Å². The molecule has 1 aromatic carbocycles. The molecule has 38 heavy (non-hydrogen) atoms. The first-order valence-corrected chi connectivity index (χ1v) is 14.3. The van der Waals surface area contributed by atoms with Crippen molar-refractivity contribution in [2.75, 3.05) is 0 Å². The average molecular weight is 530 g/mol. The Morgan fingerprint density at radius 3 is 2.00 bits per heavy atom. The Balaban J connectivity index is 2.60. The van der Waals surface area contributed by atoms with Crippen molar-refractivity contribution in [2.45, 2.75) is 137 Å². The molecule has 0 heterocycles. The van der Waals surface area contributed by atoms with Gasteiger partial charge in [0.1, 0.15) is 17.7 Å². The summed E-state index contributed by atoms with van der Waals surface area (Å²) < 4.78 is 5.48. The number of amides is 3. The highest BCUT2D eigenvalue weighted by Gasteiger charge is 2.44. The molecule has 0 aliphatic heterocycles. The molecule has 2 unspecified atom stereocenters. The zero-order valence-corrected chi connectivity index (χ0v) is 25.4. The maximum absolute atomic E-state index is 14.4. The second kappa shape index (κ2) is 13.0. The first-order valence-electron chi connectivity index (χ1n) is 14.3. The summed E-state index contributed by atoms with van der Waals surface area (Å²) in [5, 5.41) is 6.10. The lowest BCUT2D eigenvalue weighted by atomic mass is 9.89. The predicted molar refractivity (Wildman–Crippen MR) is 153 cm³/mol. The molecular weight excluding hydrogens is 478 g/mol. The van der Waals surface area contributed by atoms with Crippen molar-refractivity contribution in [2.24, 2.45) is 5.92 Å². The highest BCUT2D eigenvalue weighted by atomic mass is 16.6. The van der Waals surface area contributed by atoms with Crippen molar-refractivity contribution in [3.05, 3.63) is 34.9 Å². The summed E-state index contributed by atoms with van der Waals surface area (Å²) in [6, 6.07) is 4.47. The van der Waals surface area contributed by atoms with Crippen molar-refractivity contribution < 1.29 is 19.1 Å². The summed E-state index contributed by atoms with van der Waals surface area (Å²) in [7, 11) is 0. The van der Waals surface area contributed by atoms with Crippen LogP contribution in [-0.4, -0.2) is 46.0 Å². The van der Waals surface area contributed by atoms with Gasteiger partial charge in [0.2, 0.25) is 11.8 Å². The predicted octanol–water partition coefficient (Wildman–Crippen LogP) is 6.36. The Bertz CT molecular complexity index is 954. The number of carbonyl (C=O) groups excluding carboxylic acids is 3. The van der Waals surface area contributed by atoms with Crippen LogP contribution in [0.15, 0.2) is 18.2 Å². The van der Waals surface area contributed by atoms with Gasteiger partial charge in [-0.05, 0) is 79.2 Å². The minimum absolute atomic E-state index is 0.104. The first-order chi connectivity index (χ1) is 17.6. The zero-order chi connectivity index (χ0) is 28.8. The molecule has 0 radical (unpaired) electrons. The topological polar surface area (TPSA) is 87.7 Å². The molecule has 0 aromatic heterocycles. The standard InChI is InChI=1S/C31H51N3O4/c1-11-31(9,10)34(28(36)25(20(2)3)33-29(37)38-30(6,7)8)26(23-18-21(4)17-22(5)19-23)27(35)32-24-15-13-12-14-16-24/h17-20,24-26H,11-16H2,1-10H3,(H,32,35)(H,33,37). The maximum Gasteiger partial charge on any atom is 0.408 e. The molecule has 7 nitrogen and oxygen atoms in total. The monoisotopic (exact) mass is 529 g/mol. The van der Waals surface area contributed by atoms with E-state index in [0.717, 1.165) is 42.4 Å². The lowest BCUT2D eigenvalue weighted by molar-refractivity contribution is -0.150. The molecule has 0 spiro atoms. The van der Waals surface area contributed by atoms with Gasteiger partial charge >= 0.3 is 6.09 Å². The van der Waals surface area contributed by atoms with Gasteiger partial charge in [-0.25, -0.2) is 4.79 Å². The lowest BCUT2D eigenvalue weighted by Gasteiger charge is -2.45. The van der Waals surface area contributed by atoms with Crippen molar-refractivity contribution in [3.63, 3.8) is 0 Å². The quantitative estimate of drug-likeness (QED) is 0.390. The molecule has 1 aliphatic carbocycles. The Morgan fingerprint density at radius 1 is 0.974 bits per heavy atom. The molecule has 1 aromatic rings. The SMILES string of the molecule is CCC(C)(C)N(C(=O)C(NC(=O)OC(C)(C)C)C(C)C)C(C(=O)NC1CCCCC1)c1cc(C)cc(C)c1. The molecule has 2 atom stereocenters. The van der Waals surface area contributed by atoms with Crippen LogP contribution in [0.25, 0.3) is 0 Å². The number of rotatable bonds is 9. The van der Waals surface area contributed by atoms with Crippen LogP contribution in [0.4, 0.5) is 4.79 Å². The minimum atomic E-state index is -0.855. The summed E-state index contributed by atoms with van der Waals surface area (Å²) >= 11 is 0. The van der Waals surface area contributed by atoms with E-state index in [0.29, 0.717) is 6.42 Å². The average Bonchev–Trinajstić information content (AvgIpc) is 2.79. The summed E-state index contributed by atoms with van der Waals surface area (Å²) in [6.07, 6.45) is 5.26. The van der Waals surface area contributed by atoms with E-state index in [1.54, 1.807) is 25.7 Å². The molecule has 214 valence electrons. The van der Waals surface area contributed by atoms with Crippen molar-refractivity contribution in [1.29, 1.82) is 0 Å². The largest absolute Gasteiger partial charge is 0.444 e. The van der Waals surface area contributed by atoms with Crippen LogP contribution >= 0.6 is 0 Å². The molecule has 0 saturated heterocycles. The summed E-state index contributed by atoms with van der Waals surface area (Å²) in [4.78, 5) is 43.0. The van der Waals surface area contributed by atoms with Crippen LogP contribution in [-0.2, 0) is 14.3 Å². The van der Waals surface area contributed by atoms with E-state index in [1.165, 1.54) is 6.42 Å². The highest BCUT2D eigenvalue weighted by Crippen LogP contribution is 2.34. The molecule has 1 fully saturated rings. The van der Waals surface area contributed by atoms with Gasteiger partial charge in [0.25, 0.3) is 0 Å². The van der Waals surface area contributed by atoms with E-state index in [4.69, 9.17) is 4.74 Å². The minimum Gasteiger partial charge on any atom is -0.444 e. The molecule has 3 amide bonds. The molecular formula is C31H51N3O4. The number of benzene rings is 1.